The van der Waals surface area contributed by atoms with Crippen LogP contribution in [-0.4, -0.2) is 103 Å². The van der Waals surface area contributed by atoms with Gasteiger partial charge in [0.25, 0.3) is 0 Å². The number of hydrogen-bond acceptors (Lipinski definition) is 10. The maximum Gasteiger partial charge on any atom is 0.243 e. The van der Waals surface area contributed by atoms with Crippen molar-refractivity contribution in [2.45, 2.75) is 137 Å². The zero-order valence-electron chi connectivity index (χ0n) is 34.0. The van der Waals surface area contributed by atoms with E-state index >= 15 is 0 Å². The second-order valence-electron chi connectivity index (χ2n) is 15.4. The third kappa shape index (κ3) is 21.2. The normalized spacial score (nSPS) is 14.6. The van der Waals surface area contributed by atoms with E-state index in [1.165, 1.54) is 0 Å². The van der Waals surface area contributed by atoms with Crippen molar-refractivity contribution in [2.24, 2.45) is 57.3 Å². The Morgan fingerprint density at radius 3 is 1.56 bits per heavy atom. The molecule has 16 N–H and O–H groups in total. The number of carbonyl (C=O) groups excluding carboxylic acids is 7. The van der Waals surface area contributed by atoms with Crippen molar-refractivity contribution in [3.8, 4) is 0 Å². The molecule has 0 unspecified atom stereocenters. The molecule has 0 heterocycles. The van der Waals surface area contributed by atoms with Crippen LogP contribution < -0.4 is 60.6 Å². The van der Waals surface area contributed by atoms with Crippen LogP contribution >= 0.6 is 0 Å². The van der Waals surface area contributed by atoms with Gasteiger partial charge in [-0.3, -0.25) is 38.6 Å². The van der Waals surface area contributed by atoms with Gasteiger partial charge in [0.05, 0.1) is 12.6 Å². The molecule has 0 spiro atoms. The van der Waals surface area contributed by atoms with Gasteiger partial charge in [-0.2, -0.15) is 0 Å². The minimum Gasteiger partial charge on any atom is -0.370 e. The first-order valence-corrected chi connectivity index (χ1v) is 19.2. The van der Waals surface area contributed by atoms with Crippen molar-refractivity contribution in [1.82, 2.24) is 31.9 Å². The summed E-state index contributed by atoms with van der Waals surface area (Å²) < 4.78 is 0. The molecule has 0 radical (unpaired) electrons. The molecule has 0 aromatic heterocycles. The van der Waals surface area contributed by atoms with E-state index in [0.29, 0.717) is 25.8 Å². The van der Waals surface area contributed by atoms with Crippen molar-refractivity contribution in [3.05, 3.63) is 0 Å². The molecule has 7 amide bonds. The Labute approximate surface area is 326 Å². The Kier molecular flexibility index (Phi) is 24.2. The van der Waals surface area contributed by atoms with Crippen LogP contribution in [0.5, 0.6) is 0 Å². The first-order chi connectivity index (χ1) is 25.6. The molecular weight excluding hydrogens is 712 g/mol. The van der Waals surface area contributed by atoms with E-state index in [1.807, 2.05) is 27.7 Å². The second kappa shape index (κ2) is 26.3. The third-order valence-corrected chi connectivity index (χ3v) is 8.52. The third-order valence-electron chi connectivity index (χ3n) is 8.52. The first-order valence-electron chi connectivity index (χ1n) is 19.2. The second-order valence-corrected chi connectivity index (χ2v) is 15.4. The van der Waals surface area contributed by atoms with Gasteiger partial charge in [0.15, 0.2) is 5.96 Å². The van der Waals surface area contributed by atoms with Crippen LogP contribution in [0.1, 0.15) is 100 Å². The van der Waals surface area contributed by atoms with E-state index < -0.39 is 84.1 Å². The fourth-order valence-electron chi connectivity index (χ4n) is 5.50. The smallest absolute Gasteiger partial charge is 0.243 e. The highest BCUT2D eigenvalue weighted by atomic mass is 16.2. The average molecular weight is 783 g/mol. The number of nitrogens with two attached hydrogens (primary N) is 5. The van der Waals surface area contributed by atoms with E-state index in [2.05, 4.69) is 36.9 Å². The van der Waals surface area contributed by atoms with Gasteiger partial charge in [0.2, 0.25) is 41.4 Å². The molecule has 19 nitrogen and oxygen atoms in total. The minimum absolute atomic E-state index is 0.0392. The molecule has 6 atom stereocenters. The molecule has 0 aliphatic carbocycles. The Bertz CT molecular complexity index is 1290. The summed E-state index contributed by atoms with van der Waals surface area (Å²) in [5.41, 5.74) is 27.9. The Morgan fingerprint density at radius 2 is 1.07 bits per heavy atom. The highest BCUT2D eigenvalue weighted by molar-refractivity contribution is 5.96. The van der Waals surface area contributed by atoms with Crippen molar-refractivity contribution in [1.29, 1.82) is 0 Å². The number of amides is 7. The lowest BCUT2D eigenvalue weighted by molar-refractivity contribution is -0.135. The van der Waals surface area contributed by atoms with Gasteiger partial charge in [0.1, 0.15) is 30.2 Å². The first kappa shape index (κ1) is 50.5. The summed E-state index contributed by atoms with van der Waals surface area (Å²) in [4.78, 5) is 95.4. The lowest BCUT2D eigenvalue weighted by Gasteiger charge is -2.27. The van der Waals surface area contributed by atoms with E-state index in [1.54, 1.807) is 27.7 Å². The summed E-state index contributed by atoms with van der Waals surface area (Å²) in [5.74, 6) is -5.35. The van der Waals surface area contributed by atoms with Crippen LogP contribution in [0.4, 0.5) is 0 Å². The van der Waals surface area contributed by atoms with Crippen molar-refractivity contribution < 1.29 is 33.6 Å². The Balaban J connectivity index is 5.90. The molecule has 0 saturated heterocycles. The number of rotatable bonds is 27. The fourth-order valence-corrected chi connectivity index (χ4v) is 5.50. The van der Waals surface area contributed by atoms with Gasteiger partial charge in [-0.25, -0.2) is 0 Å². The van der Waals surface area contributed by atoms with Gasteiger partial charge >= 0.3 is 0 Å². The summed E-state index contributed by atoms with van der Waals surface area (Å²) in [6, 6.07) is -6.06. The van der Waals surface area contributed by atoms with Crippen molar-refractivity contribution in [3.63, 3.8) is 0 Å². The van der Waals surface area contributed by atoms with Crippen molar-refractivity contribution >= 4 is 47.3 Å². The fraction of sp³-hybridized carbons (Fsp3) is 0.778. The van der Waals surface area contributed by atoms with Crippen LogP contribution in [0.2, 0.25) is 0 Å². The molecule has 0 aromatic carbocycles. The number of unbranched alkanes of at least 4 members (excludes halogenated alkanes) is 1. The number of guanidine groups is 1. The maximum atomic E-state index is 13.6. The monoisotopic (exact) mass is 783 g/mol. The summed E-state index contributed by atoms with van der Waals surface area (Å²) in [5, 5.41) is 15.8. The number of aliphatic imine (C=N–C) groups is 1. The van der Waals surface area contributed by atoms with Gasteiger partial charge in [0, 0.05) is 6.54 Å². The van der Waals surface area contributed by atoms with Gasteiger partial charge in [-0.05, 0) is 68.7 Å². The summed E-state index contributed by atoms with van der Waals surface area (Å²) >= 11 is 0. The molecule has 19 heteroatoms. The van der Waals surface area contributed by atoms with Crippen LogP contribution in [0.3, 0.4) is 0 Å². The number of nitrogens with one attached hydrogen (secondary N) is 6. The highest BCUT2D eigenvalue weighted by Crippen LogP contribution is 2.11. The van der Waals surface area contributed by atoms with Gasteiger partial charge < -0.3 is 60.6 Å². The molecule has 316 valence electrons. The van der Waals surface area contributed by atoms with Crippen LogP contribution in [0.25, 0.3) is 0 Å². The van der Waals surface area contributed by atoms with Gasteiger partial charge in [-0.1, -0.05) is 61.8 Å². The quantitative estimate of drug-likeness (QED) is 0.0244. The number of nitrogens with zero attached hydrogens (tertiary/aromatic N) is 1. The zero-order chi connectivity index (χ0) is 42.4. The minimum atomic E-state index is -1.17. The van der Waals surface area contributed by atoms with Crippen LogP contribution in [0.15, 0.2) is 4.99 Å². The number of carbonyl (C=O) groups is 7. The SMILES string of the molecule is CC(C)C[C@H](NC(=O)[C@H](CCCN=C(N)N)NC(=O)CNC(=O)[C@H](CC(C)C)NC(=O)[C@@H](NC(=O)[C@@H](N)CCCCN)C(C)C)C(=O)N[C@H](C(N)=O)C(C)C. The molecule has 0 rings (SSSR count). The molecule has 0 saturated carbocycles. The standard InChI is InChI=1S/C36H70N12O7/c1-19(2)16-25(46-35(55)29(22(7)8)48-31(51)23(38)12-9-10-14-37)32(52)43-18-27(49)44-24(13-11-15-42-36(40)41)33(53)45-26(17-20(3)4)34(54)47-28(21(5)6)30(39)50/h19-26,28-29H,9-18,37-38H2,1-8H3,(H2,39,50)(H,43,52)(H,44,49)(H,45,53)(H,46,55)(H,47,54)(H,48,51)(H4,40,41,42)/t23-,24-,25-,26-,28-,29-/m0/s1. The molecule has 0 aliphatic rings. The highest BCUT2D eigenvalue weighted by Gasteiger charge is 2.32. The summed E-state index contributed by atoms with van der Waals surface area (Å²) in [6.07, 6.45) is 2.55. The van der Waals surface area contributed by atoms with E-state index in [-0.39, 0.29) is 61.9 Å². The molecular formula is C36H70N12O7. The maximum absolute atomic E-state index is 13.6. The van der Waals surface area contributed by atoms with Crippen LogP contribution in [0, 0.1) is 23.7 Å². The lowest BCUT2D eigenvalue weighted by atomic mass is 9.99. The van der Waals surface area contributed by atoms with E-state index in [9.17, 15) is 33.6 Å². The Hall–Kier alpha value is -4.52. The predicted octanol–water partition coefficient (Wildman–Crippen LogP) is -2.07. The summed E-state index contributed by atoms with van der Waals surface area (Å²) in [7, 11) is 0. The van der Waals surface area contributed by atoms with Crippen molar-refractivity contribution in [2.75, 3.05) is 19.6 Å². The largest absolute Gasteiger partial charge is 0.370 e. The number of hydrogen-bond donors (Lipinski definition) is 11. The number of primary amides is 1. The molecule has 0 fully saturated rings. The van der Waals surface area contributed by atoms with E-state index in [4.69, 9.17) is 28.7 Å². The molecule has 0 aliphatic heterocycles. The Morgan fingerprint density at radius 1 is 0.564 bits per heavy atom. The molecule has 0 bridgehead atoms. The topological polar surface area (TPSA) is 334 Å². The summed E-state index contributed by atoms with van der Waals surface area (Å²) in [6.45, 7) is 14.4. The molecule has 0 aromatic rings. The lowest BCUT2D eigenvalue weighted by Crippen LogP contribution is -2.59. The zero-order valence-corrected chi connectivity index (χ0v) is 34.0. The predicted molar refractivity (Wildman–Crippen MR) is 211 cm³/mol. The average Bonchev–Trinajstić information content (AvgIpc) is 3.07. The van der Waals surface area contributed by atoms with Crippen LogP contribution in [-0.2, 0) is 33.6 Å². The van der Waals surface area contributed by atoms with Gasteiger partial charge in [-0.15, -0.1) is 0 Å². The van der Waals surface area contributed by atoms with E-state index in [0.717, 1.165) is 0 Å². The molecule has 55 heavy (non-hydrogen) atoms.